The number of rotatable bonds is 10. The highest BCUT2D eigenvalue weighted by Crippen LogP contribution is 2.32. The van der Waals surface area contributed by atoms with Gasteiger partial charge in [-0.2, -0.15) is 0 Å². The van der Waals surface area contributed by atoms with Crippen LogP contribution >= 0.6 is 0 Å². The molecule has 1 amide bonds. The summed E-state index contributed by atoms with van der Waals surface area (Å²) in [4.78, 5) is 32.8. The number of benzene rings is 1. The zero-order valence-corrected chi connectivity index (χ0v) is 22.5. The van der Waals surface area contributed by atoms with Gasteiger partial charge in [-0.25, -0.2) is 15.0 Å². The van der Waals surface area contributed by atoms with Crippen molar-refractivity contribution in [2.45, 2.75) is 32.6 Å². The zero-order chi connectivity index (χ0) is 26.6. The fourth-order valence-electron chi connectivity index (χ4n) is 4.80. The van der Waals surface area contributed by atoms with Crippen molar-refractivity contribution in [3.63, 3.8) is 0 Å². The molecule has 3 heterocycles. The number of anilines is 2. The molecule has 1 saturated carbocycles. The first-order valence-electron chi connectivity index (χ1n) is 13.3. The Labute approximate surface area is 224 Å². The first-order chi connectivity index (χ1) is 18.4. The van der Waals surface area contributed by atoms with Gasteiger partial charge in [-0.3, -0.25) is 9.78 Å². The Kier molecular flexibility index (Phi) is 7.49. The Morgan fingerprint density at radius 1 is 1.08 bits per heavy atom. The van der Waals surface area contributed by atoms with E-state index in [0.29, 0.717) is 5.56 Å². The average Bonchev–Trinajstić information content (AvgIpc) is 3.78. The quantitative estimate of drug-likeness (QED) is 0.305. The van der Waals surface area contributed by atoms with Crippen LogP contribution in [0.5, 0.6) is 0 Å². The Morgan fingerprint density at radius 3 is 2.66 bits per heavy atom. The van der Waals surface area contributed by atoms with E-state index in [1.807, 2.05) is 24.4 Å². The maximum atomic E-state index is 12.4. The molecule has 0 aliphatic heterocycles. The zero-order valence-electron chi connectivity index (χ0n) is 22.5. The number of aromatic nitrogens is 4. The third-order valence-corrected chi connectivity index (χ3v) is 7.55. The van der Waals surface area contributed by atoms with Crippen molar-refractivity contribution in [3.8, 4) is 11.3 Å². The predicted octanol–water partition coefficient (Wildman–Crippen LogP) is 5.14. The molecule has 196 valence electrons. The summed E-state index contributed by atoms with van der Waals surface area (Å²) in [5.74, 6) is 2.98. The smallest absolute Gasteiger partial charge is 0.251 e. The van der Waals surface area contributed by atoms with Crippen LogP contribution in [0.3, 0.4) is 0 Å². The van der Waals surface area contributed by atoms with Crippen LogP contribution in [0, 0.1) is 11.8 Å². The van der Waals surface area contributed by atoms with E-state index in [1.165, 1.54) is 12.8 Å². The lowest BCUT2D eigenvalue weighted by atomic mass is 9.87. The number of hydrogen-bond acceptors (Lipinski definition) is 7. The minimum atomic E-state index is -0.105. The van der Waals surface area contributed by atoms with Crippen LogP contribution in [0.25, 0.3) is 22.2 Å². The van der Waals surface area contributed by atoms with Crippen LogP contribution in [-0.2, 0) is 0 Å². The molecule has 38 heavy (non-hydrogen) atoms. The third-order valence-electron chi connectivity index (χ3n) is 7.55. The average molecular weight is 510 g/mol. The molecule has 2 atom stereocenters. The van der Waals surface area contributed by atoms with Gasteiger partial charge in [-0.05, 0) is 54.4 Å². The second-order valence-corrected chi connectivity index (χ2v) is 10.3. The van der Waals surface area contributed by atoms with Crippen molar-refractivity contribution < 1.29 is 4.79 Å². The molecule has 2 N–H and O–H groups in total. The van der Waals surface area contributed by atoms with E-state index in [2.05, 4.69) is 74.6 Å². The topological polar surface area (TPSA) is 95.9 Å². The molecular formula is C30H35N7O. The summed E-state index contributed by atoms with van der Waals surface area (Å²) < 4.78 is 0. The number of nitrogens with one attached hydrogen (secondary N) is 2. The summed E-state index contributed by atoms with van der Waals surface area (Å²) >= 11 is 0. The number of nitrogens with zero attached hydrogens (tertiary/aromatic N) is 5. The largest absolute Gasteiger partial charge is 0.370 e. The number of fused-ring (bicyclic) bond motifs is 1. The number of pyridine rings is 2. The van der Waals surface area contributed by atoms with Crippen molar-refractivity contribution in [3.05, 3.63) is 72.3 Å². The van der Waals surface area contributed by atoms with E-state index in [0.717, 1.165) is 58.4 Å². The molecule has 5 rings (SSSR count). The molecule has 2 unspecified atom stereocenters. The van der Waals surface area contributed by atoms with Crippen LogP contribution in [0.2, 0.25) is 0 Å². The fraction of sp³-hybridized carbons (Fsp3) is 0.367. The highest BCUT2D eigenvalue weighted by molar-refractivity contribution is 6.06. The molecule has 0 spiro atoms. The maximum absolute atomic E-state index is 12.4. The first kappa shape index (κ1) is 25.6. The highest BCUT2D eigenvalue weighted by Gasteiger charge is 2.23. The van der Waals surface area contributed by atoms with E-state index >= 15 is 0 Å². The second kappa shape index (κ2) is 11.1. The van der Waals surface area contributed by atoms with Gasteiger partial charge >= 0.3 is 0 Å². The molecule has 1 fully saturated rings. The van der Waals surface area contributed by atoms with Crippen molar-refractivity contribution in [1.82, 2.24) is 25.3 Å². The van der Waals surface area contributed by atoms with Crippen LogP contribution in [-0.4, -0.2) is 53.0 Å². The molecule has 0 saturated heterocycles. The molecule has 1 aromatic carbocycles. The van der Waals surface area contributed by atoms with E-state index in [4.69, 9.17) is 0 Å². The van der Waals surface area contributed by atoms with Crippen LogP contribution in [0.1, 0.15) is 48.5 Å². The van der Waals surface area contributed by atoms with E-state index in [9.17, 15) is 4.79 Å². The summed E-state index contributed by atoms with van der Waals surface area (Å²) in [6.45, 7) is 6.21. The van der Waals surface area contributed by atoms with E-state index in [1.54, 1.807) is 25.6 Å². The summed E-state index contributed by atoms with van der Waals surface area (Å²) in [5.41, 5.74) is 4.45. The summed E-state index contributed by atoms with van der Waals surface area (Å²) in [5, 5.41) is 7.08. The van der Waals surface area contributed by atoms with Gasteiger partial charge in [-0.15, -0.1) is 0 Å². The standard InChI is InChI=1S/C30H35N7O/c1-19(20(2)23-6-5-7-24-25(30(38)31-3)12-13-32-29(23)24)15-33-27-14-26(35-18-36-27)22-10-11-28(34-16-22)37(4)17-21-8-9-21/h5-7,10-14,16,18-21H,8-9,15,17H2,1-4H3,(H,31,38)(H,33,35,36). The van der Waals surface area contributed by atoms with Gasteiger partial charge in [0.1, 0.15) is 18.0 Å². The molecule has 4 aromatic rings. The molecule has 3 aromatic heterocycles. The maximum Gasteiger partial charge on any atom is 0.251 e. The number of para-hydroxylation sites is 1. The second-order valence-electron chi connectivity index (χ2n) is 10.3. The van der Waals surface area contributed by atoms with Crippen molar-refractivity contribution >= 4 is 28.4 Å². The van der Waals surface area contributed by atoms with Crippen molar-refractivity contribution in [2.75, 3.05) is 37.4 Å². The molecule has 8 nitrogen and oxygen atoms in total. The van der Waals surface area contributed by atoms with Gasteiger partial charge in [0.05, 0.1) is 16.8 Å². The van der Waals surface area contributed by atoms with Crippen molar-refractivity contribution in [1.29, 1.82) is 0 Å². The minimum absolute atomic E-state index is 0.105. The summed E-state index contributed by atoms with van der Waals surface area (Å²) in [6, 6.07) is 13.9. The molecular weight excluding hydrogens is 474 g/mol. The lowest BCUT2D eigenvalue weighted by Gasteiger charge is -2.22. The number of hydrogen-bond donors (Lipinski definition) is 2. The predicted molar refractivity (Wildman–Crippen MR) is 152 cm³/mol. The van der Waals surface area contributed by atoms with Crippen LogP contribution in [0.4, 0.5) is 11.6 Å². The van der Waals surface area contributed by atoms with Gasteiger partial charge in [0.15, 0.2) is 0 Å². The number of amides is 1. The summed E-state index contributed by atoms with van der Waals surface area (Å²) in [6.07, 6.45) is 7.84. The van der Waals surface area contributed by atoms with Crippen LogP contribution in [0.15, 0.2) is 61.2 Å². The van der Waals surface area contributed by atoms with Gasteiger partial charge < -0.3 is 15.5 Å². The number of carbonyl (C=O) groups is 1. The van der Waals surface area contributed by atoms with Gasteiger partial charge in [0.2, 0.25) is 0 Å². The molecule has 0 bridgehead atoms. The molecule has 1 aliphatic rings. The normalized spacial score (nSPS) is 14.6. The van der Waals surface area contributed by atoms with E-state index in [-0.39, 0.29) is 17.7 Å². The van der Waals surface area contributed by atoms with Gasteiger partial charge in [0.25, 0.3) is 5.91 Å². The SMILES string of the molecule is CNC(=O)c1ccnc2c(C(C)C(C)CNc3cc(-c4ccc(N(C)CC5CC5)nc4)ncn3)cccc12. The number of carbonyl (C=O) groups excluding carboxylic acids is 1. The van der Waals surface area contributed by atoms with Crippen LogP contribution < -0.4 is 15.5 Å². The Hall–Kier alpha value is -4.07. The Balaban J connectivity index is 1.26. The lowest BCUT2D eigenvalue weighted by molar-refractivity contribution is 0.0964. The molecule has 8 heteroatoms. The monoisotopic (exact) mass is 509 g/mol. The van der Waals surface area contributed by atoms with E-state index < -0.39 is 0 Å². The Morgan fingerprint density at radius 2 is 1.92 bits per heavy atom. The lowest BCUT2D eigenvalue weighted by Crippen LogP contribution is -2.20. The van der Waals surface area contributed by atoms with Gasteiger partial charge in [-0.1, -0.05) is 32.0 Å². The first-order valence-corrected chi connectivity index (χ1v) is 13.3. The van der Waals surface area contributed by atoms with Gasteiger partial charge in [0, 0.05) is 56.6 Å². The highest BCUT2D eigenvalue weighted by atomic mass is 16.1. The Bertz CT molecular complexity index is 1420. The minimum Gasteiger partial charge on any atom is -0.370 e. The third kappa shape index (κ3) is 5.59. The van der Waals surface area contributed by atoms with Crippen molar-refractivity contribution in [2.24, 2.45) is 11.8 Å². The molecule has 0 radical (unpaired) electrons. The fourth-order valence-corrected chi connectivity index (χ4v) is 4.80. The molecule has 1 aliphatic carbocycles. The summed E-state index contributed by atoms with van der Waals surface area (Å²) in [7, 11) is 3.75.